The summed E-state index contributed by atoms with van der Waals surface area (Å²) in [5, 5.41) is 5.08. The van der Waals surface area contributed by atoms with Crippen LogP contribution in [0.15, 0.2) is 53.5 Å². The van der Waals surface area contributed by atoms with Crippen molar-refractivity contribution in [1.29, 1.82) is 0 Å². The van der Waals surface area contributed by atoms with Gasteiger partial charge in [0.2, 0.25) is 0 Å². The van der Waals surface area contributed by atoms with E-state index in [2.05, 4.69) is 42.3 Å². The molecule has 21 heavy (non-hydrogen) atoms. The van der Waals surface area contributed by atoms with Crippen LogP contribution in [0.4, 0.5) is 5.69 Å². The summed E-state index contributed by atoms with van der Waals surface area (Å²) in [6, 6.07) is 14.1. The molecule has 0 aliphatic carbocycles. The number of rotatable bonds is 3. The van der Waals surface area contributed by atoms with E-state index in [0.717, 1.165) is 17.6 Å². The molecule has 1 aromatic heterocycles. The van der Waals surface area contributed by atoms with Crippen LogP contribution in [0.5, 0.6) is 0 Å². The molecule has 0 amide bonds. The van der Waals surface area contributed by atoms with Crippen molar-refractivity contribution in [2.24, 2.45) is 0 Å². The molecule has 106 valence electrons. The zero-order valence-electron chi connectivity index (χ0n) is 12.2. The van der Waals surface area contributed by atoms with Crippen LogP contribution >= 0.6 is 0 Å². The number of aromatic nitrogens is 1. The fourth-order valence-corrected chi connectivity index (χ4v) is 2.61. The van der Waals surface area contributed by atoms with Gasteiger partial charge in [-0.3, -0.25) is 4.79 Å². The summed E-state index contributed by atoms with van der Waals surface area (Å²) in [5.41, 5.74) is 4.77. The lowest BCUT2D eigenvalue weighted by Gasteiger charge is -2.12. The van der Waals surface area contributed by atoms with E-state index >= 15 is 0 Å². The van der Waals surface area contributed by atoms with E-state index in [1.165, 1.54) is 16.7 Å². The van der Waals surface area contributed by atoms with Crippen molar-refractivity contribution < 1.29 is 0 Å². The van der Waals surface area contributed by atoms with Gasteiger partial charge in [-0.15, -0.1) is 0 Å². The maximum atomic E-state index is 11.8. The molecule has 0 spiro atoms. The van der Waals surface area contributed by atoms with Gasteiger partial charge in [-0.25, -0.2) is 0 Å². The first-order valence-electron chi connectivity index (χ1n) is 7.05. The molecule has 0 bridgehead atoms. The standard InChI is InChI=1S/C18H18N2O/c1-12-4-3-5-13(2)17(12)11-20-15-7-6-14-8-9-19-18(21)16(14)10-15/h3-10,20H,11H2,1-2H3,(H,19,21). The molecule has 0 aliphatic rings. The molecular formula is C18H18N2O. The van der Waals surface area contributed by atoms with Crippen molar-refractivity contribution in [2.75, 3.05) is 5.32 Å². The Bertz CT molecular complexity index is 829. The van der Waals surface area contributed by atoms with Crippen LogP contribution in [0.25, 0.3) is 10.8 Å². The van der Waals surface area contributed by atoms with E-state index < -0.39 is 0 Å². The lowest BCUT2D eigenvalue weighted by atomic mass is 10.0. The number of pyridine rings is 1. The lowest BCUT2D eigenvalue weighted by Crippen LogP contribution is -2.06. The van der Waals surface area contributed by atoms with Crippen molar-refractivity contribution >= 4 is 16.5 Å². The van der Waals surface area contributed by atoms with E-state index in [9.17, 15) is 4.79 Å². The number of benzene rings is 2. The van der Waals surface area contributed by atoms with Gasteiger partial charge in [0.15, 0.2) is 0 Å². The van der Waals surface area contributed by atoms with Crippen LogP contribution in [0, 0.1) is 13.8 Å². The Balaban J connectivity index is 1.89. The molecule has 3 nitrogen and oxygen atoms in total. The van der Waals surface area contributed by atoms with Gasteiger partial charge in [0.25, 0.3) is 5.56 Å². The monoisotopic (exact) mass is 278 g/mol. The third-order valence-corrected chi connectivity index (χ3v) is 3.89. The topological polar surface area (TPSA) is 44.9 Å². The highest BCUT2D eigenvalue weighted by Crippen LogP contribution is 2.18. The van der Waals surface area contributed by atoms with Crippen molar-refractivity contribution in [1.82, 2.24) is 4.98 Å². The molecule has 2 N–H and O–H groups in total. The van der Waals surface area contributed by atoms with Crippen molar-refractivity contribution in [3.63, 3.8) is 0 Å². The Morgan fingerprint density at radius 1 is 1.05 bits per heavy atom. The predicted molar refractivity (Wildman–Crippen MR) is 87.8 cm³/mol. The molecule has 3 aromatic rings. The molecule has 0 atom stereocenters. The molecule has 3 rings (SSSR count). The Morgan fingerprint density at radius 3 is 2.57 bits per heavy atom. The maximum Gasteiger partial charge on any atom is 0.255 e. The highest BCUT2D eigenvalue weighted by Gasteiger charge is 2.03. The van der Waals surface area contributed by atoms with E-state index in [0.29, 0.717) is 5.39 Å². The van der Waals surface area contributed by atoms with E-state index in [-0.39, 0.29) is 5.56 Å². The van der Waals surface area contributed by atoms with E-state index in [1.807, 2.05) is 24.3 Å². The second-order valence-corrected chi connectivity index (χ2v) is 5.33. The number of aromatic amines is 1. The number of anilines is 1. The quantitative estimate of drug-likeness (QED) is 0.766. The van der Waals surface area contributed by atoms with Crippen LogP contribution in [0.3, 0.4) is 0 Å². The third-order valence-electron chi connectivity index (χ3n) is 3.89. The zero-order valence-corrected chi connectivity index (χ0v) is 12.2. The number of hydrogen-bond donors (Lipinski definition) is 2. The lowest BCUT2D eigenvalue weighted by molar-refractivity contribution is 1.09. The molecule has 2 aromatic carbocycles. The van der Waals surface area contributed by atoms with Crippen molar-refractivity contribution in [2.45, 2.75) is 20.4 Å². The van der Waals surface area contributed by atoms with Crippen LogP contribution < -0.4 is 10.9 Å². The third kappa shape index (κ3) is 2.68. The Labute approximate surface area is 123 Å². The molecule has 0 saturated heterocycles. The summed E-state index contributed by atoms with van der Waals surface area (Å²) < 4.78 is 0. The van der Waals surface area contributed by atoms with Gasteiger partial charge in [-0.05, 0) is 54.1 Å². The van der Waals surface area contributed by atoms with Crippen LogP contribution in [0.1, 0.15) is 16.7 Å². The number of aryl methyl sites for hydroxylation is 2. The molecule has 0 radical (unpaired) electrons. The fraction of sp³-hybridized carbons (Fsp3) is 0.167. The van der Waals surface area contributed by atoms with Gasteiger partial charge >= 0.3 is 0 Å². The maximum absolute atomic E-state index is 11.8. The van der Waals surface area contributed by atoms with E-state index in [1.54, 1.807) is 6.20 Å². The summed E-state index contributed by atoms with van der Waals surface area (Å²) in [4.78, 5) is 14.5. The smallest absolute Gasteiger partial charge is 0.255 e. The van der Waals surface area contributed by atoms with Crippen molar-refractivity contribution in [3.05, 3.63) is 75.7 Å². The Hall–Kier alpha value is -2.55. The summed E-state index contributed by atoms with van der Waals surface area (Å²) in [5.74, 6) is 0. The number of hydrogen-bond acceptors (Lipinski definition) is 2. The highest BCUT2D eigenvalue weighted by molar-refractivity contribution is 5.84. The largest absolute Gasteiger partial charge is 0.381 e. The Morgan fingerprint density at radius 2 is 1.81 bits per heavy atom. The normalized spacial score (nSPS) is 10.8. The van der Waals surface area contributed by atoms with Gasteiger partial charge in [0.1, 0.15) is 0 Å². The molecule has 0 aliphatic heterocycles. The van der Waals surface area contributed by atoms with Gasteiger partial charge in [0, 0.05) is 23.8 Å². The Kier molecular flexibility index (Phi) is 3.48. The first kappa shape index (κ1) is 13.4. The van der Waals surface area contributed by atoms with Crippen molar-refractivity contribution in [3.8, 4) is 0 Å². The number of nitrogens with one attached hydrogen (secondary N) is 2. The predicted octanol–water partition coefficient (Wildman–Crippen LogP) is 3.76. The zero-order chi connectivity index (χ0) is 14.8. The second-order valence-electron chi connectivity index (χ2n) is 5.33. The molecular weight excluding hydrogens is 260 g/mol. The van der Waals surface area contributed by atoms with Gasteiger partial charge < -0.3 is 10.3 Å². The molecule has 0 saturated carbocycles. The average Bonchev–Trinajstić information content (AvgIpc) is 2.47. The SMILES string of the molecule is Cc1cccc(C)c1CNc1ccc2cc[nH]c(=O)c2c1. The van der Waals surface area contributed by atoms with Gasteiger partial charge in [-0.2, -0.15) is 0 Å². The molecule has 0 fully saturated rings. The van der Waals surface area contributed by atoms with Crippen LogP contribution in [0.2, 0.25) is 0 Å². The molecule has 0 unspecified atom stereocenters. The van der Waals surface area contributed by atoms with E-state index in [4.69, 9.17) is 0 Å². The first-order valence-corrected chi connectivity index (χ1v) is 7.05. The van der Waals surface area contributed by atoms with Crippen LogP contribution in [-0.4, -0.2) is 4.98 Å². The minimum Gasteiger partial charge on any atom is -0.381 e. The number of fused-ring (bicyclic) bond motifs is 1. The van der Waals surface area contributed by atoms with Gasteiger partial charge in [0.05, 0.1) is 0 Å². The minimum absolute atomic E-state index is 0.0526. The molecule has 1 heterocycles. The first-order chi connectivity index (χ1) is 10.1. The summed E-state index contributed by atoms with van der Waals surface area (Å²) >= 11 is 0. The number of H-pyrrole nitrogens is 1. The second kappa shape index (κ2) is 5.44. The summed E-state index contributed by atoms with van der Waals surface area (Å²) in [7, 11) is 0. The summed E-state index contributed by atoms with van der Waals surface area (Å²) in [6.45, 7) is 5.00. The average molecular weight is 278 g/mol. The van der Waals surface area contributed by atoms with Crippen LogP contribution in [-0.2, 0) is 6.54 Å². The van der Waals surface area contributed by atoms with Gasteiger partial charge in [-0.1, -0.05) is 24.3 Å². The minimum atomic E-state index is -0.0526. The molecule has 3 heteroatoms. The fourth-order valence-electron chi connectivity index (χ4n) is 2.61. The highest BCUT2D eigenvalue weighted by atomic mass is 16.1. The summed E-state index contributed by atoms with van der Waals surface area (Å²) in [6.07, 6.45) is 1.68.